The third-order valence-electron chi connectivity index (χ3n) is 4.22. The molecule has 32 heavy (non-hydrogen) atoms. The summed E-state index contributed by atoms with van der Waals surface area (Å²) in [6.45, 7) is 0. The van der Waals surface area contributed by atoms with Crippen LogP contribution in [0, 0.1) is 0 Å². The molecule has 1 N–H and O–H groups in total. The molecule has 0 bridgehead atoms. The van der Waals surface area contributed by atoms with Crippen LogP contribution in [0.1, 0.15) is 11.1 Å². The van der Waals surface area contributed by atoms with Gasteiger partial charge in [0.2, 0.25) is 0 Å². The third kappa shape index (κ3) is 6.34. The van der Waals surface area contributed by atoms with E-state index in [-0.39, 0.29) is 46.2 Å². The van der Waals surface area contributed by atoms with Gasteiger partial charge in [-0.05, 0) is 54.2 Å². The van der Waals surface area contributed by atoms with E-state index in [9.17, 15) is 39.3 Å². The van der Waals surface area contributed by atoms with E-state index in [1.807, 2.05) is 0 Å². The van der Waals surface area contributed by atoms with Crippen molar-refractivity contribution < 1.29 is 39.3 Å². The van der Waals surface area contributed by atoms with Crippen molar-refractivity contribution in [2.75, 3.05) is 0 Å². The summed E-state index contributed by atoms with van der Waals surface area (Å²) in [6.07, 6.45) is -10.0. The fourth-order valence-corrected chi connectivity index (χ4v) is 5.89. The third-order valence-corrected chi connectivity index (χ3v) is 7.45. The normalized spacial score (nSPS) is 13.3. The second-order valence-corrected chi connectivity index (χ2v) is 10.0. The van der Waals surface area contributed by atoms with Crippen LogP contribution in [0.25, 0.3) is 0 Å². The molecule has 0 aliphatic carbocycles. The van der Waals surface area contributed by atoms with Gasteiger partial charge in [-0.3, -0.25) is 4.55 Å². The van der Waals surface area contributed by atoms with Crippen LogP contribution in [0.4, 0.5) is 26.3 Å². The Balaban J connectivity index is 0.00000363. The van der Waals surface area contributed by atoms with Gasteiger partial charge in [-0.15, -0.1) is 0 Å². The summed E-state index contributed by atoms with van der Waals surface area (Å²) in [6, 6.07) is 13.9. The number of benzene rings is 3. The molecule has 3 rings (SSSR count). The van der Waals surface area contributed by atoms with Crippen LogP contribution in [0.5, 0.6) is 0 Å². The monoisotopic (exact) mass is 502 g/mol. The first-order valence-corrected chi connectivity index (χ1v) is 11.3. The van der Waals surface area contributed by atoms with E-state index in [1.54, 1.807) is 18.2 Å². The molecular formula is C20H14F6NaO3PS. The molecule has 166 valence electrons. The number of rotatable bonds is 4. The average Bonchev–Trinajstić information content (AvgIpc) is 2.67. The zero-order valence-electron chi connectivity index (χ0n) is 15.3. The Kier molecular flexibility index (Phi) is 8.24. The predicted octanol–water partition coefficient (Wildman–Crippen LogP) is 4.08. The van der Waals surface area contributed by atoms with Crippen molar-refractivity contribution in [3.05, 3.63) is 83.9 Å². The Morgan fingerprint density at radius 3 is 1.62 bits per heavy atom. The number of halogens is 6. The quantitative estimate of drug-likeness (QED) is 0.253. The molecule has 3 nitrogen and oxygen atoms in total. The second kappa shape index (κ2) is 9.83. The number of hydrogen-bond donors (Lipinski definition) is 1. The molecule has 0 radical (unpaired) electrons. The van der Waals surface area contributed by atoms with Crippen LogP contribution in [-0.4, -0.2) is 42.5 Å². The van der Waals surface area contributed by atoms with Crippen LogP contribution < -0.4 is 15.9 Å². The molecule has 0 aromatic heterocycles. The SMILES string of the molecule is O=S(=O)(O)c1cccc(P(c2ccccc2)c2cc(C(F)(F)F)cc(C(F)(F)F)c2)c1.[NaH]. The average molecular weight is 502 g/mol. The summed E-state index contributed by atoms with van der Waals surface area (Å²) in [4.78, 5) is -0.517. The molecule has 3 aromatic rings. The number of alkyl halides is 6. The van der Waals surface area contributed by atoms with E-state index >= 15 is 0 Å². The van der Waals surface area contributed by atoms with Crippen molar-refractivity contribution in [1.29, 1.82) is 0 Å². The van der Waals surface area contributed by atoms with Crippen molar-refractivity contribution in [1.82, 2.24) is 0 Å². The van der Waals surface area contributed by atoms with Crippen LogP contribution in [0.2, 0.25) is 0 Å². The maximum atomic E-state index is 13.4. The Bertz CT molecular complexity index is 1170. The summed E-state index contributed by atoms with van der Waals surface area (Å²) >= 11 is 0. The molecule has 0 spiro atoms. The van der Waals surface area contributed by atoms with E-state index in [2.05, 4.69) is 0 Å². The van der Waals surface area contributed by atoms with Gasteiger partial charge < -0.3 is 0 Å². The maximum absolute atomic E-state index is 13.4. The summed E-state index contributed by atoms with van der Waals surface area (Å²) in [5.41, 5.74) is -2.93. The fourth-order valence-electron chi connectivity index (χ4n) is 2.87. The standard InChI is InChI=1S/C20H13F6O3PS.Na.H/c21-19(22,23)13-9-14(20(24,25)26)11-17(10-13)30(15-5-2-1-3-6-15)16-7-4-8-18(12-16)31(27,28)29;;/h1-12H,(H,27,28,29);;. The van der Waals surface area contributed by atoms with Crippen molar-refractivity contribution >= 4 is 63.5 Å². The Morgan fingerprint density at radius 1 is 0.656 bits per heavy atom. The molecule has 0 amide bonds. The first kappa shape index (κ1) is 26.8. The molecule has 0 aliphatic heterocycles. The van der Waals surface area contributed by atoms with Gasteiger partial charge in [0, 0.05) is 0 Å². The van der Waals surface area contributed by atoms with Gasteiger partial charge in [0.05, 0.1) is 16.0 Å². The molecular weight excluding hydrogens is 488 g/mol. The van der Waals surface area contributed by atoms with Crippen LogP contribution in [0.3, 0.4) is 0 Å². The van der Waals surface area contributed by atoms with E-state index < -0.39 is 46.4 Å². The molecule has 12 heteroatoms. The predicted molar refractivity (Wildman–Crippen MR) is 112 cm³/mol. The van der Waals surface area contributed by atoms with Crippen molar-refractivity contribution in [3.63, 3.8) is 0 Å². The second-order valence-electron chi connectivity index (χ2n) is 6.41. The van der Waals surface area contributed by atoms with Gasteiger partial charge in [-0.2, -0.15) is 34.8 Å². The first-order valence-electron chi connectivity index (χ1n) is 8.49. The summed E-state index contributed by atoms with van der Waals surface area (Å²) in [5.74, 6) is 0. The minimum atomic E-state index is -5.02. The van der Waals surface area contributed by atoms with Gasteiger partial charge in [0.15, 0.2) is 0 Å². The molecule has 0 aliphatic rings. The molecule has 1 unspecified atom stereocenters. The Hall–Kier alpha value is -1.42. The topological polar surface area (TPSA) is 54.4 Å². The molecule has 0 heterocycles. The van der Waals surface area contributed by atoms with Gasteiger partial charge in [-0.25, -0.2) is 0 Å². The van der Waals surface area contributed by atoms with Gasteiger partial charge in [-0.1, -0.05) is 42.5 Å². The van der Waals surface area contributed by atoms with E-state index in [0.717, 1.165) is 12.1 Å². The summed E-state index contributed by atoms with van der Waals surface area (Å²) in [5, 5.41) is 0.289. The summed E-state index contributed by atoms with van der Waals surface area (Å²) in [7, 11) is -6.65. The van der Waals surface area contributed by atoms with Crippen molar-refractivity contribution in [2.24, 2.45) is 0 Å². The minimum absolute atomic E-state index is 0. The van der Waals surface area contributed by atoms with Crippen molar-refractivity contribution in [2.45, 2.75) is 17.2 Å². The summed E-state index contributed by atoms with van der Waals surface area (Å²) < 4.78 is 112. The van der Waals surface area contributed by atoms with Gasteiger partial charge >= 0.3 is 41.9 Å². The fraction of sp³-hybridized carbons (Fsp3) is 0.100. The molecule has 0 saturated heterocycles. The molecule has 0 fully saturated rings. The molecule has 1 atom stereocenters. The van der Waals surface area contributed by atoms with Crippen LogP contribution in [0.15, 0.2) is 77.7 Å². The molecule has 3 aromatic carbocycles. The first-order chi connectivity index (χ1) is 14.3. The van der Waals surface area contributed by atoms with Crippen LogP contribution >= 0.6 is 7.92 Å². The van der Waals surface area contributed by atoms with Gasteiger partial charge in [0.25, 0.3) is 10.1 Å². The van der Waals surface area contributed by atoms with Gasteiger partial charge in [0.1, 0.15) is 0 Å². The molecule has 0 saturated carbocycles. The zero-order valence-corrected chi connectivity index (χ0v) is 17.0. The Labute approximate surface area is 203 Å². The van der Waals surface area contributed by atoms with E-state index in [4.69, 9.17) is 0 Å². The van der Waals surface area contributed by atoms with Crippen LogP contribution in [-0.2, 0) is 22.5 Å². The van der Waals surface area contributed by atoms with E-state index in [1.165, 1.54) is 24.3 Å². The van der Waals surface area contributed by atoms with E-state index in [0.29, 0.717) is 17.4 Å². The zero-order chi connectivity index (χ0) is 23.0. The van der Waals surface area contributed by atoms with Crippen molar-refractivity contribution in [3.8, 4) is 0 Å². The Morgan fingerprint density at radius 2 is 1.16 bits per heavy atom. The number of hydrogen-bond acceptors (Lipinski definition) is 2.